The van der Waals surface area contributed by atoms with E-state index in [4.69, 9.17) is 11.1 Å². The molecule has 5 nitrogen and oxygen atoms in total. The van der Waals surface area contributed by atoms with Crippen molar-refractivity contribution in [1.29, 1.82) is 5.41 Å². The fourth-order valence-corrected chi connectivity index (χ4v) is 2.75. The van der Waals surface area contributed by atoms with Gasteiger partial charge in [-0.15, -0.1) is 0 Å². The fourth-order valence-electron chi connectivity index (χ4n) is 2.75. The van der Waals surface area contributed by atoms with E-state index in [0.29, 0.717) is 12.1 Å². The Morgan fingerprint density at radius 2 is 1.48 bits per heavy atom. The molecule has 0 saturated heterocycles. The summed E-state index contributed by atoms with van der Waals surface area (Å²) in [6.07, 6.45) is 0. The largest absolute Gasteiger partial charge is 0.384 e. The Kier molecular flexibility index (Phi) is 5.84. The van der Waals surface area contributed by atoms with Crippen molar-refractivity contribution < 1.29 is 4.79 Å². The van der Waals surface area contributed by atoms with E-state index < -0.39 is 6.04 Å². The highest BCUT2D eigenvalue weighted by Gasteiger charge is 2.20. The second-order valence-electron chi connectivity index (χ2n) is 6.18. The van der Waals surface area contributed by atoms with Crippen molar-refractivity contribution in [3.8, 4) is 0 Å². The Morgan fingerprint density at radius 3 is 2.07 bits per heavy atom. The number of benzene rings is 3. The third-order valence-corrected chi connectivity index (χ3v) is 4.21. The van der Waals surface area contributed by atoms with Crippen LogP contribution in [-0.4, -0.2) is 11.7 Å². The number of hydrogen-bond donors (Lipinski definition) is 4. The second kappa shape index (κ2) is 8.67. The molecule has 1 atom stereocenters. The van der Waals surface area contributed by atoms with Crippen LogP contribution in [-0.2, 0) is 11.3 Å². The molecule has 0 radical (unpaired) electrons. The summed E-state index contributed by atoms with van der Waals surface area (Å²) in [5.74, 6) is -0.0949. The third-order valence-electron chi connectivity index (χ3n) is 4.21. The van der Waals surface area contributed by atoms with Crippen molar-refractivity contribution in [2.45, 2.75) is 12.6 Å². The van der Waals surface area contributed by atoms with E-state index in [1.165, 1.54) is 0 Å². The van der Waals surface area contributed by atoms with Gasteiger partial charge in [0.15, 0.2) is 0 Å². The quantitative estimate of drug-likeness (QED) is 0.385. The molecule has 0 spiro atoms. The normalized spacial score (nSPS) is 11.4. The number of carbonyl (C=O) groups excluding carboxylic acids is 1. The monoisotopic (exact) mass is 358 g/mol. The molecule has 3 aromatic rings. The molecule has 3 aromatic carbocycles. The number of nitrogen functional groups attached to an aromatic ring is 1. The Balaban J connectivity index is 1.76. The van der Waals surface area contributed by atoms with E-state index in [0.717, 1.165) is 16.8 Å². The SMILES string of the molecule is N=C(N)c1ccc(NC(C(=O)NCc2ccccc2)c2ccccc2)cc1. The van der Waals surface area contributed by atoms with Gasteiger partial charge >= 0.3 is 0 Å². The van der Waals surface area contributed by atoms with Gasteiger partial charge in [0, 0.05) is 17.8 Å². The maximum atomic E-state index is 12.9. The molecule has 0 aliphatic heterocycles. The average molecular weight is 358 g/mol. The molecule has 5 heteroatoms. The highest BCUT2D eigenvalue weighted by molar-refractivity contribution is 5.95. The highest BCUT2D eigenvalue weighted by Crippen LogP contribution is 2.20. The van der Waals surface area contributed by atoms with Gasteiger partial charge in [-0.3, -0.25) is 10.2 Å². The number of anilines is 1. The minimum absolute atomic E-state index is 0.0155. The van der Waals surface area contributed by atoms with Crippen molar-refractivity contribution >= 4 is 17.4 Å². The molecule has 0 bridgehead atoms. The van der Waals surface area contributed by atoms with Gasteiger partial charge < -0.3 is 16.4 Å². The summed E-state index contributed by atoms with van der Waals surface area (Å²) < 4.78 is 0. The number of amidine groups is 1. The molecule has 136 valence electrons. The smallest absolute Gasteiger partial charge is 0.247 e. The Morgan fingerprint density at radius 1 is 0.889 bits per heavy atom. The number of amides is 1. The topological polar surface area (TPSA) is 91.0 Å². The maximum absolute atomic E-state index is 12.9. The van der Waals surface area contributed by atoms with Crippen molar-refractivity contribution in [3.05, 3.63) is 102 Å². The average Bonchev–Trinajstić information content (AvgIpc) is 2.72. The minimum Gasteiger partial charge on any atom is -0.384 e. The first-order valence-electron chi connectivity index (χ1n) is 8.71. The molecule has 27 heavy (non-hydrogen) atoms. The van der Waals surface area contributed by atoms with Crippen molar-refractivity contribution in [3.63, 3.8) is 0 Å². The lowest BCUT2D eigenvalue weighted by atomic mass is 10.0. The standard InChI is InChI=1S/C22H22N4O/c23-21(24)18-11-13-19(14-12-18)26-20(17-9-5-2-6-10-17)22(27)25-15-16-7-3-1-4-8-16/h1-14,20,26H,15H2,(H3,23,24)(H,25,27). The van der Waals surface area contributed by atoms with Crippen LogP contribution in [0.2, 0.25) is 0 Å². The van der Waals surface area contributed by atoms with E-state index in [-0.39, 0.29) is 11.7 Å². The first-order valence-corrected chi connectivity index (χ1v) is 8.71. The maximum Gasteiger partial charge on any atom is 0.247 e. The van der Waals surface area contributed by atoms with Gasteiger partial charge in [0.05, 0.1) is 0 Å². The molecule has 5 N–H and O–H groups in total. The summed E-state index contributed by atoms with van der Waals surface area (Å²) in [5, 5.41) is 13.7. The molecule has 0 fully saturated rings. The summed E-state index contributed by atoms with van der Waals surface area (Å²) in [6.45, 7) is 0.466. The van der Waals surface area contributed by atoms with E-state index in [1.54, 1.807) is 12.1 Å². The van der Waals surface area contributed by atoms with E-state index in [2.05, 4.69) is 10.6 Å². The molecular weight excluding hydrogens is 336 g/mol. The molecule has 0 aliphatic carbocycles. The van der Waals surface area contributed by atoms with Crippen LogP contribution in [0, 0.1) is 5.41 Å². The predicted molar refractivity (Wildman–Crippen MR) is 109 cm³/mol. The Hall–Kier alpha value is -3.60. The van der Waals surface area contributed by atoms with Crippen LogP contribution in [0.4, 0.5) is 5.69 Å². The molecule has 0 aromatic heterocycles. The van der Waals surface area contributed by atoms with E-state index >= 15 is 0 Å². The zero-order valence-corrected chi connectivity index (χ0v) is 14.9. The van der Waals surface area contributed by atoms with Crippen molar-refractivity contribution in [2.75, 3.05) is 5.32 Å². The zero-order valence-electron chi connectivity index (χ0n) is 14.9. The lowest BCUT2D eigenvalue weighted by Crippen LogP contribution is -2.33. The number of nitrogens with one attached hydrogen (secondary N) is 3. The van der Waals surface area contributed by atoms with Crippen LogP contribution >= 0.6 is 0 Å². The Labute approximate surface area is 158 Å². The van der Waals surface area contributed by atoms with Crippen LogP contribution in [0.1, 0.15) is 22.7 Å². The third kappa shape index (κ3) is 4.95. The highest BCUT2D eigenvalue weighted by atomic mass is 16.2. The second-order valence-corrected chi connectivity index (χ2v) is 6.18. The van der Waals surface area contributed by atoms with Gasteiger partial charge in [-0.1, -0.05) is 60.7 Å². The van der Waals surface area contributed by atoms with E-state index in [1.807, 2.05) is 72.8 Å². The number of carbonyl (C=O) groups is 1. The summed E-state index contributed by atoms with van der Waals surface area (Å²) in [6, 6.07) is 26.0. The number of rotatable bonds is 7. The number of hydrogen-bond acceptors (Lipinski definition) is 3. The zero-order chi connectivity index (χ0) is 19.1. The summed E-state index contributed by atoms with van der Waals surface area (Å²) in [5.41, 5.74) is 8.84. The van der Waals surface area contributed by atoms with Crippen LogP contribution in [0.3, 0.4) is 0 Å². The lowest BCUT2D eigenvalue weighted by Gasteiger charge is -2.20. The Bertz CT molecular complexity index is 893. The van der Waals surface area contributed by atoms with Crippen LogP contribution in [0.5, 0.6) is 0 Å². The number of nitrogens with two attached hydrogens (primary N) is 1. The van der Waals surface area contributed by atoms with Gasteiger partial charge in [0.1, 0.15) is 11.9 Å². The van der Waals surface area contributed by atoms with Crippen LogP contribution < -0.4 is 16.4 Å². The lowest BCUT2D eigenvalue weighted by molar-refractivity contribution is -0.122. The van der Waals surface area contributed by atoms with Gasteiger partial charge in [-0.05, 0) is 35.4 Å². The molecule has 1 amide bonds. The molecule has 0 aliphatic rings. The molecule has 0 heterocycles. The fraction of sp³-hybridized carbons (Fsp3) is 0.0909. The first-order chi connectivity index (χ1) is 13.1. The summed E-state index contributed by atoms with van der Waals surface area (Å²) >= 11 is 0. The van der Waals surface area contributed by atoms with Gasteiger partial charge in [-0.2, -0.15) is 0 Å². The minimum atomic E-state index is -0.530. The molecule has 3 rings (SSSR count). The predicted octanol–water partition coefficient (Wildman–Crippen LogP) is 3.44. The van der Waals surface area contributed by atoms with Crippen molar-refractivity contribution in [2.24, 2.45) is 5.73 Å². The molecule has 0 saturated carbocycles. The molecule has 1 unspecified atom stereocenters. The van der Waals surface area contributed by atoms with E-state index in [9.17, 15) is 4.79 Å². The van der Waals surface area contributed by atoms with Gasteiger partial charge in [0.25, 0.3) is 0 Å². The summed E-state index contributed by atoms with van der Waals surface area (Å²) in [4.78, 5) is 12.9. The molecular formula is C22H22N4O. The first kappa shape index (κ1) is 18.2. The van der Waals surface area contributed by atoms with Gasteiger partial charge in [-0.25, -0.2) is 0 Å². The summed E-state index contributed by atoms with van der Waals surface area (Å²) in [7, 11) is 0. The van der Waals surface area contributed by atoms with Crippen molar-refractivity contribution in [1.82, 2.24) is 5.32 Å². The van der Waals surface area contributed by atoms with Crippen LogP contribution in [0.25, 0.3) is 0 Å². The van der Waals surface area contributed by atoms with Gasteiger partial charge in [0.2, 0.25) is 5.91 Å². The van der Waals surface area contributed by atoms with Crippen LogP contribution in [0.15, 0.2) is 84.9 Å².